The number of H-pyrrole nitrogens is 1. The maximum absolute atomic E-state index is 13.0. The van der Waals surface area contributed by atoms with Gasteiger partial charge in [-0.05, 0) is 29.8 Å². The van der Waals surface area contributed by atoms with Crippen molar-refractivity contribution in [2.75, 3.05) is 17.7 Å². The van der Waals surface area contributed by atoms with Gasteiger partial charge in [-0.3, -0.25) is 19.1 Å². The normalized spacial score (nSPS) is 10.7. The van der Waals surface area contributed by atoms with Crippen LogP contribution in [0.4, 0.5) is 11.5 Å². The molecule has 2 aromatic carbocycles. The largest absolute Gasteiger partial charge is 0.383 e. The summed E-state index contributed by atoms with van der Waals surface area (Å²) in [5.41, 5.74) is 6.58. The summed E-state index contributed by atoms with van der Waals surface area (Å²) in [5.74, 6) is -0.542. The van der Waals surface area contributed by atoms with E-state index in [0.717, 1.165) is 16.2 Å². The van der Waals surface area contributed by atoms with Gasteiger partial charge in [0.25, 0.3) is 11.5 Å². The van der Waals surface area contributed by atoms with Crippen LogP contribution in [0.15, 0.2) is 76.8 Å². The Morgan fingerprint density at radius 1 is 1.10 bits per heavy atom. The summed E-state index contributed by atoms with van der Waals surface area (Å²) in [7, 11) is 1.44. The summed E-state index contributed by atoms with van der Waals surface area (Å²) in [6.45, 7) is 0.157. The van der Waals surface area contributed by atoms with Crippen molar-refractivity contribution in [3.8, 4) is 5.69 Å². The third kappa shape index (κ3) is 3.86. The van der Waals surface area contributed by atoms with E-state index in [1.165, 1.54) is 17.9 Å². The molecule has 10 heteroatoms. The first kappa shape index (κ1) is 19.8. The molecule has 156 valence electrons. The van der Waals surface area contributed by atoms with Crippen LogP contribution in [0.5, 0.6) is 0 Å². The number of anilines is 2. The molecule has 31 heavy (non-hydrogen) atoms. The van der Waals surface area contributed by atoms with Crippen LogP contribution < -0.4 is 21.9 Å². The second-order valence-corrected chi connectivity index (χ2v) is 6.82. The highest BCUT2D eigenvalue weighted by Gasteiger charge is 2.22. The molecule has 0 spiro atoms. The Kier molecular flexibility index (Phi) is 5.19. The molecule has 2 heterocycles. The number of benzene rings is 2. The van der Waals surface area contributed by atoms with Crippen LogP contribution in [0.2, 0.25) is 0 Å². The number of carbonyl (C=O) groups excluding carboxylic acids is 1. The van der Waals surface area contributed by atoms with Gasteiger partial charge in [0, 0.05) is 12.6 Å². The molecule has 0 aliphatic rings. The van der Waals surface area contributed by atoms with Crippen molar-refractivity contribution in [1.82, 2.24) is 24.3 Å². The molecule has 0 aliphatic heterocycles. The monoisotopic (exact) mass is 417 g/mol. The average molecular weight is 417 g/mol. The molecular formula is C21H19N7O3. The molecule has 1 amide bonds. The van der Waals surface area contributed by atoms with Crippen LogP contribution in [0, 0.1) is 0 Å². The number of hydrogen-bond donors (Lipinski definition) is 2. The van der Waals surface area contributed by atoms with E-state index in [2.05, 4.69) is 15.1 Å². The van der Waals surface area contributed by atoms with Crippen molar-refractivity contribution in [3.63, 3.8) is 0 Å². The van der Waals surface area contributed by atoms with Crippen molar-refractivity contribution in [2.24, 2.45) is 0 Å². The van der Waals surface area contributed by atoms with E-state index >= 15 is 0 Å². The lowest BCUT2D eigenvalue weighted by Gasteiger charge is -2.20. The number of nitrogens with one attached hydrogen (secondary N) is 1. The average Bonchev–Trinajstić information content (AvgIpc) is 3.32. The zero-order valence-electron chi connectivity index (χ0n) is 16.6. The molecule has 0 saturated heterocycles. The third-order valence-corrected chi connectivity index (χ3v) is 4.84. The minimum atomic E-state index is -0.734. The first-order valence-corrected chi connectivity index (χ1v) is 9.35. The minimum absolute atomic E-state index is 0.0901. The van der Waals surface area contributed by atoms with E-state index in [1.807, 2.05) is 30.3 Å². The fraction of sp³-hybridized carbons (Fsp3) is 0.0952. The van der Waals surface area contributed by atoms with E-state index in [-0.39, 0.29) is 18.1 Å². The van der Waals surface area contributed by atoms with Crippen LogP contribution in [-0.2, 0) is 6.54 Å². The van der Waals surface area contributed by atoms with Crippen LogP contribution >= 0.6 is 0 Å². The highest BCUT2D eigenvalue weighted by Crippen LogP contribution is 2.19. The topological polar surface area (TPSA) is 132 Å². The summed E-state index contributed by atoms with van der Waals surface area (Å²) in [6, 6.07) is 15.8. The smallest absolute Gasteiger partial charge is 0.330 e. The number of nitrogen functional groups attached to an aromatic ring is 1. The van der Waals surface area contributed by atoms with Crippen LogP contribution in [0.25, 0.3) is 5.69 Å². The Labute approximate surface area is 176 Å². The van der Waals surface area contributed by atoms with Gasteiger partial charge in [-0.2, -0.15) is 5.10 Å². The molecule has 0 saturated carbocycles. The highest BCUT2D eigenvalue weighted by molar-refractivity contribution is 6.06. The van der Waals surface area contributed by atoms with Crippen molar-refractivity contribution >= 4 is 17.4 Å². The van der Waals surface area contributed by atoms with Crippen molar-refractivity contribution in [1.29, 1.82) is 0 Å². The first-order valence-electron chi connectivity index (χ1n) is 9.35. The summed E-state index contributed by atoms with van der Waals surface area (Å²) in [6.07, 6.45) is 2.95. The van der Waals surface area contributed by atoms with Gasteiger partial charge in [0.05, 0.1) is 12.2 Å². The maximum atomic E-state index is 13.0. The quantitative estimate of drug-likeness (QED) is 0.498. The van der Waals surface area contributed by atoms with E-state index < -0.39 is 17.2 Å². The molecule has 0 atom stereocenters. The lowest BCUT2D eigenvalue weighted by molar-refractivity contribution is 0.0992. The minimum Gasteiger partial charge on any atom is -0.383 e. The van der Waals surface area contributed by atoms with Crippen molar-refractivity contribution in [3.05, 3.63) is 99.2 Å². The standard InChI is InChI=1S/C21H19N7O3/c1-26(20(30)15-7-9-16(10-8-15)28-13-23-12-24-28)17-18(22)27(21(31)25-19(17)29)11-14-5-3-2-4-6-14/h2-10,12-13H,11,22H2,1H3,(H,25,29,31). The zero-order chi connectivity index (χ0) is 22.0. The summed E-state index contributed by atoms with van der Waals surface area (Å²) >= 11 is 0. The molecule has 0 radical (unpaired) electrons. The van der Waals surface area contributed by atoms with Gasteiger partial charge in [-0.25, -0.2) is 14.5 Å². The lowest BCUT2D eigenvalue weighted by Crippen LogP contribution is -2.39. The van der Waals surface area contributed by atoms with Gasteiger partial charge >= 0.3 is 5.69 Å². The van der Waals surface area contributed by atoms with Crippen molar-refractivity contribution < 1.29 is 4.79 Å². The van der Waals surface area contributed by atoms with E-state index in [4.69, 9.17) is 5.73 Å². The molecule has 10 nitrogen and oxygen atoms in total. The number of aromatic amines is 1. The fourth-order valence-electron chi connectivity index (χ4n) is 3.22. The predicted octanol–water partition coefficient (Wildman–Crippen LogP) is 1.02. The molecule has 2 aromatic heterocycles. The van der Waals surface area contributed by atoms with Gasteiger partial charge in [0.2, 0.25) is 0 Å². The molecule has 4 aromatic rings. The Morgan fingerprint density at radius 3 is 2.45 bits per heavy atom. The molecular weight excluding hydrogens is 398 g/mol. The molecule has 0 fully saturated rings. The number of nitrogens with two attached hydrogens (primary N) is 1. The Bertz CT molecular complexity index is 1320. The second kappa shape index (κ2) is 8.11. The summed E-state index contributed by atoms with van der Waals surface area (Å²) < 4.78 is 2.78. The lowest BCUT2D eigenvalue weighted by atomic mass is 10.1. The van der Waals surface area contributed by atoms with Gasteiger partial charge in [0.15, 0.2) is 5.69 Å². The van der Waals surface area contributed by atoms with E-state index in [1.54, 1.807) is 35.3 Å². The number of aromatic nitrogens is 5. The zero-order valence-corrected chi connectivity index (χ0v) is 16.6. The van der Waals surface area contributed by atoms with Crippen LogP contribution in [0.1, 0.15) is 15.9 Å². The number of amides is 1. The van der Waals surface area contributed by atoms with Crippen LogP contribution in [-0.4, -0.2) is 37.3 Å². The first-order chi connectivity index (χ1) is 15.0. The Balaban J connectivity index is 1.67. The fourth-order valence-corrected chi connectivity index (χ4v) is 3.22. The highest BCUT2D eigenvalue weighted by atomic mass is 16.2. The second-order valence-electron chi connectivity index (χ2n) is 6.82. The Hall–Kier alpha value is -4.47. The van der Waals surface area contributed by atoms with Gasteiger partial charge in [-0.15, -0.1) is 0 Å². The van der Waals surface area contributed by atoms with Gasteiger partial charge in [0.1, 0.15) is 18.5 Å². The molecule has 0 aliphatic carbocycles. The maximum Gasteiger partial charge on any atom is 0.330 e. The molecule has 3 N–H and O–H groups in total. The molecule has 4 rings (SSSR count). The molecule has 0 bridgehead atoms. The van der Waals surface area contributed by atoms with E-state index in [0.29, 0.717) is 5.56 Å². The van der Waals surface area contributed by atoms with Crippen LogP contribution in [0.3, 0.4) is 0 Å². The van der Waals surface area contributed by atoms with E-state index in [9.17, 15) is 14.4 Å². The van der Waals surface area contributed by atoms with Gasteiger partial charge in [-0.1, -0.05) is 30.3 Å². The number of hydrogen-bond acceptors (Lipinski definition) is 6. The number of carbonyl (C=O) groups is 1. The number of nitrogens with zero attached hydrogens (tertiary/aromatic N) is 5. The predicted molar refractivity (Wildman–Crippen MR) is 115 cm³/mol. The number of rotatable bonds is 5. The van der Waals surface area contributed by atoms with Crippen molar-refractivity contribution in [2.45, 2.75) is 6.54 Å². The SMILES string of the molecule is CN(C(=O)c1ccc(-n2cncn2)cc1)c1c(N)n(Cc2ccccc2)c(=O)[nH]c1=O. The summed E-state index contributed by atoms with van der Waals surface area (Å²) in [5, 5.41) is 4.04. The Morgan fingerprint density at radius 2 is 1.81 bits per heavy atom. The third-order valence-electron chi connectivity index (χ3n) is 4.84. The summed E-state index contributed by atoms with van der Waals surface area (Å²) in [4.78, 5) is 45.1. The van der Waals surface area contributed by atoms with Gasteiger partial charge < -0.3 is 10.6 Å². The molecule has 0 unspecified atom stereocenters.